The van der Waals surface area contributed by atoms with Gasteiger partial charge in [0, 0.05) is 12.7 Å². The van der Waals surface area contributed by atoms with Crippen molar-refractivity contribution in [2.24, 2.45) is 0 Å². The first-order valence-corrected chi connectivity index (χ1v) is 8.68. The van der Waals surface area contributed by atoms with Gasteiger partial charge < -0.3 is 4.57 Å². The highest BCUT2D eigenvalue weighted by atomic mass is 19.1. The third-order valence-electron chi connectivity index (χ3n) is 4.83. The summed E-state index contributed by atoms with van der Waals surface area (Å²) >= 11 is 0. The Hall–Kier alpha value is -2.70. The number of halogens is 1. The monoisotopic (exact) mass is 341 g/mol. The Morgan fingerprint density at radius 3 is 2.88 bits per heavy atom. The van der Waals surface area contributed by atoms with Crippen LogP contribution in [0.4, 0.5) is 10.3 Å². The van der Waals surface area contributed by atoms with Crippen molar-refractivity contribution in [1.29, 1.82) is 0 Å². The standard InChI is InChI=1S/C18H20FN5O/c1-2-23-16-11-12(19)7-8-14(16)21-18(23)22-17(25)15-9-10-20-24(15)13-5-3-4-6-13/h7-11,13H,2-6H2,1H3,(H,21,22,25). The van der Waals surface area contributed by atoms with Crippen LogP contribution in [0.25, 0.3) is 11.0 Å². The molecule has 2 aromatic heterocycles. The molecule has 1 amide bonds. The number of amides is 1. The molecule has 2 heterocycles. The van der Waals surface area contributed by atoms with Gasteiger partial charge in [0.2, 0.25) is 5.95 Å². The number of hydrogen-bond donors (Lipinski definition) is 1. The van der Waals surface area contributed by atoms with E-state index in [1.54, 1.807) is 22.9 Å². The zero-order valence-electron chi connectivity index (χ0n) is 14.1. The van der Waals surface area contributed by atoms with Gasteiger partial charge >= 0.3 is 0 Å². The second-order valence-corrected chi connectivity index (χ2v) is 6.37. The average Bonchev–Trinajstić information content (AvgIpc) is 3.33. The first kappa shape index (κ1) is 15.8. The van der Waals surface area contributed by atoms with Crippen LogP contribution in [-0.4, -0.2) is 25.2 Å². The SMILES string of the molecule is CCn1c(NC(=O)c2ccnn2C2CCCC2)nc2ccc(F)cc21. The second kappa shape index (κ2) is 6.31. The van der Waals surface area contributed by atoms with Crippen LogP contribution < -0.4 is 5.32 Å². The Morgan fingerprint density at radius 2 is 2.12 bits per heavy atom. The van der Waals surface area contributed by atoms with Crippen molar-refractivity contribution in [1.82, 2.24) is 19.3 Å². The number of aryl methyl sites for hydroxylation is 1. The average molecular weight is 341 g/mol. The summed E-state index contributed by atoms with van der Waals surface area (Å²) in [5, 5.41) is 7.20. The van der Waals surface area contributed by atoms with Gasteiger partial charge in [0.25, 0.3) is 5.91 Å². The van der Waals surface area contributed by atoms with Gasteiger partial charge in [0.05, 0.1) is 17.1 Å². The van der Waals surface area contributed by atoms with Crippen molar-refractivity contribution < 1.29 is 9.18 Å². The van der Waals surface area contributed by atoms with Gasteiger partial charge in [0.15, 0.2) is 0 Å². The Balaban J connectivity index is 1.65. The van der Waals surface area contributed by atoms with Gasteiger partial charge in [-0.15, -0.1) is 0 Å². The van der Waals surface area contributed by atoms with Crippen LogP contribution in [0.15, 0.2) is 30.5 Å². The number of hydrogen-bond acceptors (Lipinski definition) is 3. The number of nitrogens with zero attached hydrogens (tertiary/aromatic N) is 4. The lowest BCUT2D eigenvalue weighted by atomic mass is 10.2. The van der Waals surface area contributed by atoms with Crippen LogP contribution in [0, 0.1) is 5.82 Å². The van der Waals surface area contributed by atoms with E-state index in [0.29, 0.717) is 29.2 Å². The fourth-order valence-electron chi connectivity index (χ4n) is 3.61. The van der Waals surface area contributed by atoms with E-state index in [1.165, 1.54) is 25.0 Å². The highest BCUT2D eigenvalue weighted by Gasteiger charge is 2.23. The maximum atomic E-state index is 13.5. The largest absolute Gasteiger partial charge is 0.310 e. The highest BCUT2D eigenvalue weighted by molar-refractivity contribution is 6.03. The van der Waals surface area contributed by atoms with Crippen molar-refractivity contribution in [3.8, 4) is 0 Å². The molecule has 1 aliphatic carbocycles. The van der Waals surface area contributed by atoms with Crippen molar-refractivity contribution in [3.63, 3.8) is 0 Å². The molecule has 1 saturated carbocycles. The van der Waals surface area contributed by atoms with Crippen LogP contribution in [-0.2, 0) is 6.54 Å². The second-order valence-electron chi connectivity index (χ2n) is 6.37. The molecule has 1 fully saturated rings. The number of carbonyl (C=O) groups excluding carboxylic acids is 1. The van der Waals surface area contributed by atoms with Crippen molar-refractivity contribution in [2.75, 3.05) is 5.32 Å². The van der Waals surface area contributed by atoms with E-state index in [4.69, 9.17) is 0 Å². The lowest BCUT2D eigenvalue weighted by Gasteiger charge is -2.14. The van der Waals surface area contributed by atoms with E-state index >= 15 is 0 Å². The summed E-state index contributed by atoms with van der Waals surface area (Å²) in [6.45, 7) is 2.52. The highest BCUT2D eigenvalue weighted by Crippen LogP contribution is 2.30. The first-order valence-electron chi connectivity index (χ1n) is 8.68. The van der Waals surface area contributed by atoms with E-state index in [2.05, 4.69) is 15.4 Å². The minimum absolute atomic E-state index is 0.241. The molecule has 0 atom stereocenters. The predicted molar refractivity (Wildman–Crippen MR) is 93.1 cm³/mol. The Labute approximate surface area is 144 Å². The van der Waals surface area contributed by atoms with Crippen LogP contribution in [0.3, 0.4) is 0 Å². The zero-order valence-corrected chi connectivity index (χ0v) is 14.1. The number of benzene rings is 1. The van der Waals surface area contributed by atoms with Crippen LogP contribution in [0.1, 0.15) is 49.1 Å². The summed E-state index contributed by atoms with van der Waals surface area (Å²) in [5.41, 5.74) is 1.86. The molecule has 1 aliphatic rings. The van der Waals surface area contributed by atoms with Crippen molar-refractivity contribution in [3.05, 3.63) is 42.0 Å². The molecule has 4 rings (SSSR count). The van der Waals surface area contributed by atoms with Gasteiger partial charge in [-0.3, -0.25) is 14.8 Å². The molecule has 0 bridgehead atoms. The number of carbonyl (C=O) groups is 1. The summed E-state index contributed by atoms with van der Waals surface area (Å²) in [6.07, 6.45) is 6.10. The lowest BCUT2D eigenvalue weighted by Crippen LogP contribution is -2.21. The quantitative estimate of drug-likeness (QED) is 0.786. The van der Waals surface area contributed by atoms with Gasteiger partial charge in [-0.2, -0.15) is 5.10 Å². The molecular weight excluding hydrogens is 321 g/mol. The Kier molecular flexibility index (Phi) is 3.99. The zero-order chi connectivity index (χ0) is 17.4. The number of fused-ring (bicyclic) bond motifs is 1. The molecule has 3 aromatic rings. The molecular formula is C18H20FN5O. The Morgan fingerprint density at radius 1 is 1.32 bits per heavy atom. The third kappa shape index (κ3) is 2.79. The topological polar surface area (TPSA) is 64.7 Å². The van der Waals surface area contributed by atoms with E-state index in [9.17, 15) is 9.18 Å². The van der Waals surface area contributed by atoms with Crippen molar-refractivity contribution in [2.45, 2.75) is 45.2 Å². The summed E-state index contributed by atoms with van der Waals surface area (Å²) in [6, 6.07) is 6.44. The number of imidazole rings is 1. The van der Waals surface area contributed by atoms with Gasteiger partial charge in [-0.05, 0) is 44.0 Å². The number of aromatic nitrogens is 4. The summed E-state index contributed by atoms with van der Waals surface area (Å²) in [5.74, 6) is -0.138. The first-order chi connectivity index (χ1) is 12.2. The summed E-state index contributed by atoms with van der Waals surface area (Å²) in [4.78, 5) is 17.2. The van der Waals surface area contributed by atoms with E-state index < -0.39 is 0 Å². The molecule has 0 spiro atoms. The molecule has 0 radical (unpaired) electrons. The molecule has 0 aliphatic heterocycles. The van der Waals surface area contributed by atoms with Crippen LogP contribution in [0.5, 0.6) is 0 Å². The number of anilines is 1. The molecule has 6 nitrogen and oxygen atoms in total. The maximum Gasteiger partial charge on any atom is 0.276 e. The van der Waals surface area contributed by atoms with E-state index in [-0.39, 0.29) is 17.8 Å². The molecule has 0 unspecified atom stereocenters. The van der Waals surface area contributed by atoms with E-state index in [0.717, 1.165) is 12.8 Å². The maximum absolute atomic E-state index is 13.5. The van der Waals surface area contributed by atoms with Gasteiger partial charge in [-0.1, -0.05) is 12.8 Å². The lowest BCUT2D eigenvalue weighted by molar-refractivity contribution is 0.101. The predicted octanol–water partition coefficient (Wildman–Crippen LogP) is 3.76. The van der Waals surface area contributed by atoms with Crippen LogP contribution in [0.2, 0.25) is 0 Å². The van der Waals surface area contributed by atoms with Crippen molar-refractivity contribution >= 4 is 22.9 Å². The minimum atomic E-state index is -0.320. The number of rotatable bonds is 4. The molecule has 7 heteroatoms. The normalized spacial score (nSPS) is 15.1. The van der Waals surface area contributed by atoms with Gasteiger partial charge in [0.1, 0.15) is 11.5 Å². The van der Waals surface area contributed by atoms with Gasteiger partial charge in [-0.25, -0.2) is 9.37 Å². The fourth-order valence-corrected chi connectivity index (χ4v) is 3.61. The third-order valence-corrected chi connectivity index (χ3v) is 4.83. The molecule has 130 valence electrons. The molecule has 1 aromatic carbocycles. The van der Waals surface area contributed by atoms with E-state index in [1.807, 2.05) is 11.6 Å². The summed E-state index contributed by atoms with van der Waals surface area (Å²) < 4.78 is 17.2. The van der Waals surface area contributed by atoms with Crippen LogP contribution >= 0.6 is 0 Å². The number of nitrogens with one attached hydrogen (secondary N) is 1. The molecule has 1 N–H and O–H groups in total. The molecule has 25 heavy (non-hydrogen) atoms. The summed E-state index contributed by atoms with van der Waals surface area (Å²) in [7, 11) is 0. The minimum Gasteiger partial charge on any atom is -0.310 e. The fraction of sp³-hybridized carbons (Fsp3) is 0.389. The molecule has 0 saturated heterocycles. The Bertz CT molecular complexity index is 923. The smallest absolute Gasteiger partial charge is 0.276 e.